The predicted molar refractivity (Wildman–Crippen MR) is 89.8 cm³/mol. The molecule has 0 radical (unpaired) electrons. The zero-order valence-electron chi connectivity index (χ0n) is 11.8. The van der Waals surface area contributed by atoms with Crippen LogP contribution in [0.3, 0.4) is 0 Å². The van der Waals surface area contributed by atoms with Crippen LogP contribution in [0.4, 0.5) is 0 Å². The van der Waals surface area contributed by atoms with Crippen molar-refractivity contribution in [1.82, 2.24) is 5.32 Å². The minimum Gasteiger partial charge on any atom is -0.490 e. The molecule has 1 amide bonds. The third-order valence-electron chi connectivity index (χ3n) is 2.94. The normalized spacial score (nSPS) is 10.1. The summed E-state index contributed by atoms with van der Waals surface area (Å²) in [6.07, 6.45) is 1.66. The van der Waals surface area contributed by atoms with Crippen LogP contribution in [0.25, 0.3) is 0 Å². The molecule has 0 aliphatic rings. The average Bonchev–Trinajstić information content (AvgIpc) is 2.52. The lowest BCUT2D eigenvalue weighted by Crippen LogP contribution is -2.22. The lowest BCUT2D eigenvalue weighted by molar-refractivity contribution is 0.0951. The molecule has 0 atom stereocenters. The summed E-state index contributed by atoms with van der Waals surface area (Å²) in [7, 11) is 0. The molecule has 0 spiro atoms. The zero-order valence-corrected chi connectivity index (χ0v) is 13.3. The second-order valence-electron chi connectivity index (χ2n) is 4.54. The summed E-state index contributed by atoms with van der Waals surface area (Å²) in [6, 6.07) is 12.1. The Morgan fingerprint density at radius 3 is 2.55 bits per heavy atom. The minimum absolute atomic E-state index is 0.179. The molecule has 1 N–H and O–H groups in total. The van der Waals surface area contributed by atoms with Crippen molar-refractivity contribution in [3.05, 3.63) is 76.3 Å². The van der Waals surface area contributed by atoms with Gasteiger partial charge in [-0.2, -0.15) is 0 Å². The van der Waals surface area contributed by atoms with Gasteiger partial charge in [-0.25, -0.2) is 0 Å². The number of benzene rings is 2. The minimum atomic E-state index is -0.179. The molecule has 0 aliphatic heterocycles. The van der Waals surface area contributed by atoms with Gasteiger partial charge >= 0.3 is 0 Å². The highest BCUT2D eigenvalue weighted by atomic mass is 35.5. The van der Waals surface area contributed by atoms with Gasteiger partial charge in [-0.05, 0) is 42.0 Å². The smallest absolute Gasteiger partial charge is 0.251 e. The fourth-order valence-corrected chi connectivity index (χ4v) is 2.28. The molecule has 5 heteroatoms. The highest BCUT2D eigenvalue weighted by Crippen LogP contribution is 2.21. The first kappa shape index (κ1) is 16.4. The molecule has 0 heterocycles. The highest BCUT2D eigenvalue weighted by Gasteiger charge is 2.07. The molecule has 114 valence electrons. The second-order valence-corrected chi connectivity index (χ2v) is 5.39. The van der Waals surface area contributed by atoms with Crippen LogP contribution in [0.5, 0.6) is 5.75 Å². The Bertz CT molecular complexity index is 669. The van der Waals surface area contributed by atoms with Gasteiger partial charge in [-0.15, -0.1) is 0 Å². The van der Waals surface area contributed by atoms with E-state index in [0.29, 0.717) is 34.5 Å². The van der Waals surface area contributed by atoms with Crippen LogP contribution in [0.2, 0.25) is 10.0 Å². The Balaban J connectivity index is 1.95. The van der Waals surface area contributed by atoms with Gasteiger partial charge in [0, 0.05) is 22.2 Å². The first-order chi connectivity index (χ1) is 10.6. The summed E-state index contributed by atoms with van der Waals surface area (Å²) in [4.78, 5) is 12.1. The van der Waals surface area contributed by atoms with Crippen LogP contribution in [-0.4, -0.2) is 12.5 Å². The summed E-state index contributed by atoms with van der Waals surface area (Å²) < 4.78 is 5.37. The van der Waals surface area contributed by atoms with Gasteiger partial charge < -0.3 is 10.1 Å². The van der Waals surface area contributed by atoms with E-state index in [1.54, 1.807) is 48.5 Å². The molecule has 0 saturated heterocycles. The van der Waals surface area contributed by atoms with Gasteiger partial charge in [0.1, 0.15) is 12.4 Å². The van der Waals surface area contributed by atoms with E-state index >= 15 is 0 Å². The van der Waals surface area contributed by atoms with Gasteiger partial charge in [0.15, 0.2) is 0 Å². The molecular weight excluding hydrogens is 321 g/mol. The van der Waals surface area contributed by atoms with Crippen LogP contribution < -0.4 is 10.1 Å². The maximum atomic E-state index is 12.1. The lowest BCUT2D eigenvalue weighted by Gasteiger charge is -2.08. The number of hydrogen-bond acceptors (Lipinski definition) is 2. The molecule has 0 aliphatic carbocycles. The van der Waals surface area contributed by atoms with E-state index in [1.165, 1.54) is 0 Å². The first-order valence-corrected chi connectivity index (χ1v) is 7.41. The fourth-order valence-electron chi connectivity index (χ4n) is 1.80. The zero-order chi connectivity index (χ0) is 15.9. The van der Waals surface area contributed by atoms with Gasteiger partial charge in [0.25, 0.3) is 5.91 Å². The van der Waals surface area contributed by atoms with Crippen molar-refractivity contribution in [3.63, 3.8) is 0 Å². The van der Waals surface area contributed by atoms with E-state index in [2.05, 4.69) is 11.9 Å². The first-order valence-electron chi connectivity index (χ1n) is 6.66. The molecule has 0 fully saturated rings. The molecule has 3 nitrogen and oxygen atoms in total. The second kappa shape index (κ2) is 7.87. The number of halogens is 2. The number of nitrogens with one attached hydrogen (secondary N) is 1. The highest BCUT2D eigenvalue weighted by molar-refractivity contribution is 6.35. The SMILES string of the molecule is C=CCOc1ccc(C(=O)NCc2ccc(Cl)cc2Cl)cc1. The monoisotopic (exact) mass is 335 g/mol. The van der Waals surface area contributed by atoms with E-state index in [4.69, 9.17) is 27.9 Å². The molecule has 2 rings (SSSR count). The number of amides is 1. The quantitative estimate of drug-likeness (QED) is 0.790. The number of carbonyl (C=O) groups is 1. The van der Waals surface area contributed by atoms with E-state index in [-0.39, 0.29) is 5.91 Å². The Morgan fingerprint density at radius 2 is 1.91 bits per heavy atom. The van der Waals surface area contributed by atoms with E-state index in [0.717, 1.165) is 5.56 Å². The van der Waals surface area contributed by atoms with E-state index in [9.17, 15) is 4.79 Å². The molecular formula is C17H15Cl2NO2. The Kier molecular flexibility index (Phi) is 5.87. The number of rotatable bonds is 6. The van der Waals surface area contributed by atoms with Gasteiger partial charge in [0.05, 0.1) is 0 Å². The maximum Gasteiger partial charge on any atom is 0.251 e. The van der Waals surface area contributed by atoms with Crippen molar-refractivity contribution in [3.8, 4) is 5.75 Å². The van der Waals surface area contributed by atoms with Crippen LogP contribution >= 0.6 is 23.2 Å². The molecule has 2 aromatic carbocycles. The van der Waals surface area contributed by atoms with Crippen LogP contribution in [0, 0.1) is 0 Å². The average molecular weight is 336 g/mol. The van der Waals surface area contributed by atoms with Crippen molar-refractivity contribution < 1.29 is 9.53 Å². The summed E-state index contributed by atoms with van der Waals surface area (Å²) in [5.41, 5.74) is 1.36. The third kappa shape index (κ3) is 4.52. The third-order valence-corrected chi connectivity index (χ3v) is 3.53. The topological polar surface area (TPSA) is 38.3 Å². The summed E-state index contributed by atoms with van der Waals surface area (Å²) >= 11 is 11.9. The van der Waals surface area contributed by atoms with E-state index < -0.39 is 0 Å². The molecule has 0 aromatic heterocycles. The maximum absolute atomic E-state index is 12.1. The van der Waals surface area contributed by atoms with Crippen molar-refractivity contribution in [2.75, 3.05) is 6.61 Å². The van der Waals surface area contributed by atoms with Gasteiger partial charge in [0.2, 0.25) is 0 Å². The Hall–Kier alpha value is -1.97. The van der Waals surface area contributed by atoms with Crippen molar-refractivity contribution in [2.24, 2.45) is 0 Å². The summed E-state index contributed by atoms with van der Waals surface area (Å²) in [5, 5.41) is 3.91. The molecule has 0 bridgehead atoms. The molecule has 22 heavy (non-hydrogen) atoms. The largest absolute Gasteiger partial charge is 0.490 e. The van der Waals surface area contributed by atoms with E-state index in [1.807, 2.05) is 0 Å². The predicted octanol–water partition coefficient (Wildman–Crippen LogP) is 4.49. The Labute approximate surface area is 139 Å². The van der Waals surface area contributed by atoms with Crippen LogP contribution in [-0.2, 0) is 6.54 Å². The molecule has 0 saturated carbocycles. The van der Waals surface area contributed by atoms with Crippen molar-refractivity contribution in [2.45, 2.75) is 6.54 Å². The number of carbonyl (C=O) groups excluding carboxylic acids is 1. The molecule has 2 aromatic rings. The Morgan fingerprint density at radius 1 is 1.18 bits per heavy atom. The number of ether oxygens (including phenoxy) is 1. The fraction of sp³-hybridized carbons (Fsp3) is 0.118. The lowest BCUT2D eigenvalue weighted by atomic mass is 10.2. The number of hydrogen-bond donors (Lipinski definition) is 1. The standard InChI is InChI=1S/C17H15Cl2NO2/c1-2-9-22-15-7-4-12(5-8-15)17(21)20-11-13-3-6-14(18)10-16(13)19/h2-8,10H,1,9,11H2,(H,20,21). The van der Waals surface area contributed by atoms with Crippen molar-refractivity contribution >= 4 is 29.1 Å². The van der Waals surface area contributed by atoms with Crippen molar-refractivity contribution in [1.29, 1.82) is 0 Å². The van der Waals surface area contributed by atoms with Crippen LogP contribution in [0.1, 0.15) is 15.9 Å². The summed E-state index contributed by atoms with van der Waals surface area (Å²) in [5.74, 6) is 0.512. The van der Waals surface area contributed by atoms with Gasteiger partial charge in [-0.1, -0.05) is 41.9 Å². The molecule has 0 unspecified atom stereocenters. The van der Waals surface area contributed by atoms with Gasteiger partial charge in [-0.3, -0.25) is 4.79 Å². The van der Waals surface area contributed by atoms with Crippen LogP contribution in [0.15, 0.2) is 55.1 Å². The summed E-state index contributed by atoms with van der Waals surface area (Å²) in [6.45, 7) is 4.35.